The molecule has 126 valence electrons. The molecular formula is C14H18BrCl2F3N2. The van der Waals surface area contributed by atoms with E-state index < -0.39 is 12.6 Å². The van der Waals surface area contributed by atoms with Crippen LogP contribution in [0.2, 0.25) is 5.02 Å². The highest BCUT2D eigenvalue weighted by molar-refractivity contribution is 9.10. The Bertz CT molecular complexity index is 480. The summed E-state index contributed by atoms with van der Waals surface area (Å²) in [6.45, 7) is 3.09. The highest BCUT2D eigenvalue weighted by atomic mass is 79.9. The largest absolute Gasteiger partial charge is 0.389 e. The summed E-state index contributed by atoms with van der Waals surface area (Å²) in [5.74, 6) is 0. The quantitative estimate of drug-likeness (QED) is 0.750. The topological polar surface area (TPSA) is 15.3 Å². The number of alkyl halides is 3. The van der Waals surface area contributed by atoms with Crippen LogP contribution >= 0.6 is 39.9 Å². The van der Waals surface area contributed by atoms with E-state index in [0.717, 1.165) is 36.2 Å². The van der Waals surface area contributed by atoms with Crippen LogP contribution in [-0.4, -0.2) is 37.3 Å². The zero-order valence-corrected chi connectivity index (χ0v) is 15.0. The zero-order chi connectivity index (χ0) is 15.5. The summed E-state index contributed by atoms with van der Waals surface area (Å²) >= 11 is 9.35. The van der Waals surface area contributed by atoms with Gasteiger partial charge in [-0.1, -0.05) is 33.6 Å². The average Bonchev–Trinajstić information content (AvgIpc) is 2.41. The molecule has 0 aromatic heterocycles. The van der Waals surface area contributed by atoms with Gasteiger partial charge < -0.3 is 5.32 Å². The van der Waals surface area contributed by atoms with E-state index in [2.05, 4.69) is 26.1 Å². The molecule has 0 unspecified atom stereocenters. The lowest BCUT2D eigenvalue weighted by molar-refractivity contribution is -0.138. The molecule has 0 saturated carbocycles. The number of rotatable bonds is 4. The normalized spacial score (nSPS) is 17.9. The number of piperazine rings is 1. The molecule has 22 heavy (non-hydrogen) atoms. The van der Waals surface area contributed by atoms with Crippen LogP contribution in [-0.2, 0) is 0 Å². The van der Waals surface area contributed by atoms with Crippen molar-refractivity contribution < 1.29 is 13.2 Å². The Kier molecular flexibility index (Phi) is 7.95. The van der Waals surface area contributed by atoms with E-state index in [9.17, 15) is 13.2 Å². The first kappa shape index (κ1) is 20.0. The van der Waals surface area contributed by atoms with Crippen molar-refractivity contribution in [2.24, 2.45) is 0 Å². The first-order chi connectivity index (χ1) is 9.87. The van der Waals surface area contributed by atoms with Crippen LogP contribution in [0.5, 0.6) is 0 Å². The van der Waals surface area contributed by atoms with Crippen LogP contribution < -0.4 is 5.32 Å². The smallest absolute Gasteiger partial charge is 0.314 e. The van der Waals surface area contributed by atoms with E-state index in [1.54, 1.807) is 12.1 Å². The van der Waals surface area contributed by atoms with E-state index in [-0.39, 0.29) is 24.9 Å². The molecular weight excluding hydrogens is 404 g/mol. The Labute approximate surface area is 147 Å². The minimum Gasteiger partial charge on any atom is -0.314 e. The van der Waals surface area contributed by atoms with E-state index in [1.807, 2.05) is 6.07 Å². The second-order valence-electron chi connectivity index (χ2n) is 5.12. The Morgan fingerprint density at radius 2 is 1.91 bits per heavy atom. The first-order valence-electron chi connectivity index (χ1n) is 6.83. The lowest BCUT2D eigenvalue weighted by Gasteiger charge is -2.36. The third-order valence-corrected chi connectivity index (χ3v) is 4.54. The van der Waals surface area contributed by atoms with Gasteiger partial charge in [0.05, 0.1) is 0 Å². The molecule has 2 rings (SSSR count). The van der Waals surface area contributed by atoms with E-state index in [4.69, 9.17) is 11.6 Å². The highest BCUT2D eigenvalue weighted by Crippen LogP contribution is 2.36. The van der Waals surface area contributed by atoms with Crippen LogP contribution in [0.15, 0.2) is 22.7 Å². The first-order valence-corrected chi connectivity index (χ1v) is 8.00. The number of nitrogens with one attached hydrogen (secondary N) is 1. The van der Waals surface area contributed by atoms with Gasteiger partial charge >= 0.3 is 6.18 Å². The molecule has 1 atom stereocenters. The minimum absolute atomic E-state index is 0. The molecule has 1 aromatic rings. The lowest BCUT2D eigenvalue weighted by atomic mass is 9.99. The van der Waals surface area contributed by atoms with Crippen LogP contribution in [0.4, 0.5) is 13.2 Å². The maximum atomic E-state index is 12.6. The second kappa shape index (κ2) is 8.73. The van der Waals surface area contributed by atoms with Crippen LogP contribution in [0.1, 0.15) is 24.4 Å². The van der Waals surface area contributed by atoms with Gasteiger partial charge in [0.2, 0.25) is 0 Å². The van der Waals surface area contributed by atoms with Crippen LogP contribution in [0.3, 0.4) is 0 Å². The van der Waals surface area contributed by atoms with Gasteiger partial charge in [-0.3, -0.25) is 4.90 Å². The molecule has 2 nitrogen and oxygen atoms in total. The second-order valence-corrected chi connectivity index (χ2v) is 6.41. The molecule has 0 aliphatic carbocycles. The lowest BCUT2D eigenvalue weighted by Crippen LogP contribution is -2.45. The molecule has 8 heteroatoms. The van der Waals surface area contributed by atoms with Crippen LogP contribution in [0, 0.1) is 0 Å². The Morgan fingerprint density at radius 1 is 1.27 bits per heavy atom. The maximum absolute atomic E-state index is 12.6. The third kappa shape index (κ3) is 5.89. The molecule has 0 radical (unpaired) electrons. The molecule has 1 N–H and O–H groups in total. The third-order valence-electron chi connectivity index (χ3n) is 3.62. The molecule has 0 amide bonds. The van der Waals surface area contributed by atoms with Crippen molar-refractivity contribution >= 4 is 39.9 Å². The average molecular weight is 422 g/mol. The Morgan fingerprint density at radius 3 is 2.45 bits per heavy atom. The summed E-state index contributed by atoms with van der Waals surface area (Å²) < 4.78 is 38.6. The fourth-order valence-electron chi connectivity index (χ4n) is 2.60. The summed E-state index contributed by atoms with van der Waals surface area (Å²) in [5, 5.41) is 3.79. The minimum atomic E-state index is -4.13. The van der Waals surface area contributed by atoms with Crippen molar-refractivity contribution in [3.63, 3.8) is 0 Å². The fraction of sp³-hybridized carbons (Fsp3) is 0.571. The summed E-state index contributed by atoms with van der Waals surface area (Å²) in [6.07, 6.45) is -4.86. The van der Waals surface area contributed by atoms with Gasteiger partial charge in [-0.15, -0.1) is 12.4 Å². The Balaban J connectivity index is 0.00000242. The maximum Gasteiger partial charge on any atom is 0.389 e. The van der Waals surface area contributed by atoms with Crippen molar-refractivity contribution in [2.75, 3.05) is 26.2 Å². The molecule has 1 aliphatic heterocycles. The molecule has 1 saturated heterocycles. The Hall–Kier alpha value is -0.0100. The molecule has 1 fully saturated rings. The van der Waals surface area contributed by atoms with E-state index in [0.29, 0.717) is 5.02 Å². The number of benzene rings is 1. The van der Waals surface area contributed by atoms with Crippen molar-refractivity contribution in [3.8, 4) is 0 Å². The number of hydrogen-bond acceptors (Lipinski definition) is 2. The van der Waals surface area contributed by atoms with Gasteiger partial charge in [0.1, 0.15) is 0 Å². The zero-order valence-electron chi connectivity index (χ0n) is 11.8. The van der Waals surface area contributed by atoms with Crippen molar-refractivity contribution in [2.45, 2.75) is 25.1 Å². The monoisotopic (exact) mass is 420 g/mol. The predicted molar refractivity (Wildman–Crippen MR) is 88.9 cm³/mol. The summed E-state index contributed by atoms with van der Waals surface area (Å²) in [6, 6.07) is 5.03. The summed E-state index contributed by atoms with van der Waals surface area (Å²) in [4.78, 5) is 2.11. The predicted octanol–water partition coefficient (Wildman–Crippen LogP) is 4.81. The molecule has 0 bridgehead atoms. The summed E-state index contributed by atoms with van der Waals surface area (Å²) in [7, 11) is 0. The van der Waals surface area contributed by atoms with Gasteiger partial charge in [0, 0.05) is 48.1 Å². The standard InChI is InChI=1S/C14H17BrClF3N2.ClH/c15-12-9-10(16)1-2-11(12)13(3-4-14(17,18)19)21-7-5-20-6-8-21;/h1-2,9,13,20H,3-8H2;1H/t13-;/m1./s1. The van der Waals surface area contributed by atoms with Gasteiger partial charge in [-0.05, 0) is 24.1 Å². The van der Waals surface area contributed by atoms with Crippen molar-refractivity contribution in [1.29, 1.82) is 0 Å². The van der Waals surface area contributed by atoms with Gasteiger partial charge in [-0.25, -0.2) is 0 Å². The van der Waals surface area contributed by atoms with Gasteiger partial charge in [0.15, 0.2) is 0 Å². The highest BCUT2D eigenvalue weighted by Gasteiger charge is 2.31. The van der Waals surface area contributed by atoms with Crippen LogP contribution in [0.25, 0.3) is 0 Å². The van der Waals surface area contributed by atoms with Crippen molar-refractivity contribution in [3.05, 3.63) is 33.3 Å². The van der Waals surface area contributed by atoms with E-state index in [1.165, 1.54) is 0 Å². The SMILES string of the molecule is Cl.FC(F)(F)CC[C@H](c1ccc(Cl)cc1Br)N1CCNCC1. The molecule has 1 heterocycles. The van der Waals surface area contributed by atoms with Crippen molar-refractivity contribution in [1.82, 2.24) is 10.2 Å². The number of halogens is 6. The van der Waals surface area contributed by atoms with E-state index >= 15 is 0 Å². The van der Waals surface area contributed by atoms with Gasteiger partial charge in [0.25, 0.3) is 0 Å². The van der Waals surface area contributed by atoms with Gasteiger partial charge in [-0.2, -0.15) is 13.2 Å². The summed E-state index contributed by atoms with van der Waals surface area (Å²) in [5.41, 5.74) is 0.866. The number of hydrogen-bond donors (Lipinski definition) is 1. The number of nitrogens with zero attached hydrogens (tertiary/aromatic N) is 1. The molecule has 0 spiro atoms. The molecule has 1 aromatic carbocycles. The molecule has 1 aliphatic rings. The fourth-order valence-corrected chi connectivity index (χ4v) is 3.55.